The molecule has 6 N–H and O–H groups in total. The summed E-state index contributed by atoms with van der Waals surface area (Å²) in [5, 5.41) is 24.1. The topological polar surface area (TPSA) is 173 Å². The summed E-state index contributed by atoms with van der Waals surface area (Å²) in [6.07, 6.45) is -2.54. The van der Waals surface area contributed by atoms with E-state index in [1.807, 2.05) is 0 Å². The Morgan fingerprint density at radius 2 is 1.43 bits per heavy atom. The molecule has 0 rings (SSSR count). The summed E-state index contributed by atoms with van der Waals surface area (Å²) >= 11 is 0. The molecule has 10 heteroatoms. The van der Waals surface area contributed by atoms with Crippen LogP contribution in [0.25, 0.3) is 0 Å². The third kappa shape index (κ3) is 22.5. The highest BCUT2D eigenvalue weighted by Crippen LogP contribution is 2.25. The van der Waals surface area contributed by atoms with E-state index in [-0.39, 0.29) is 0 Å². The van der Waals surface area contributed by atoms with Crippen LogP contribution >= 0.6 is 7.82 Å². The number of hydrogen-bond acceptors (Lipinski definition) is 4. The lowest BCUT2D eigenvalue weighted by atomic mass is 10.3. The standard InChI is InChI=1S/C4H6O5.H3O4P/c5-2(4(8)9)1-3(6)7;1-5(2,3)4/h2,5H,1H2,(H,6,7)(H,8,9);(H3,1,2,3,4). The molecule has 0 radical (unpaired) electrons. The minimum absolute atomic E-state index is 0.755. The van der Waals surface area contributed by atoms with Gasteiger partial charge in [-0.3, -0.25) is 4.79 Å². The van der Waals surface area contributed by atoms with E-state index in [2.05, 4.69) is 0 Å². The highest BCUT2D eigenvalue weighted by atomic mass is 31.2. The number of carboxylic acids is 2. The molecule has 0 aliphatic carbocycles. The molecule has 0 aromatic carbocycles. The molecule has 1 unspecified atom stereocenters. The lowest BCUT2D eigenvalue weighted by molar-refractivity contribution is -0.152. The fourth-order valence-electron chi connectivity index (χ4n) is 0.253. The van der Waals surface area contributed by atoms with Gasteiger partial charge in [-0.1, -0.05) is 0 Å². The lowest BCUT2D eigenvalue weighted by Crippen LogP contribution is -2.22. The van der Waals surface area contributed by atoms with Crippen LogP contribution in [0.1, 0.15) is 6.42 Å². The second kappa shape index (κ2) is 6.46. The van der Waals surface area contributed by atoms with Gasteiger partial charge < -0.3 is 30.0 Å². The van der Waals surface area contributed by atoms with Crippen LogP contribution in [0.2, 0.25) is 0 Å². The first kappa shape index (κ1) is 15.5. The summed E-state index contributed by atoms with van der Waals surface area (Å²) in [6, 6.07) is 0. The van der Waals surface area contributed by atoms with Gasteiger partial charge >= 0.3 is 19.8 Å². The van der Waals surface area contributed by atoms with E-state index in [1.54, 1.807) is 0 Å². The van der Waals surface area contributed by atoms with Gasteiger partial charge in [0.05, 0.1) is 6.42 Å². The molecule has 0 fully saturated rings. The molecule has 9 nitrogen and oxygen atoms in total. The normalized spacial score (nSPS) is 12.3. The van der Waals surface area contributed by atoms with Crippen LogP contribution in [0.4, 0.5) is 0 Å². The molecule has 84 valence electrons. The number of carboxylic acid groups (broad SMARTS) is 2. The molecule has 0 aromatic heterocycles. The average Bonchev–Trinajstić information content (AvgIpc) is 1.80. The first-order valence-electron chi connectivity index (χ1n) is 2.95. The van der Waals surface area contributed by atoms with Crippen molar-refractivity contribution in [1.82, 2.24) is 0 Å². The number of phosphoric acid groups is 1. The molecule has 14 heavy (non-hydrogen) atoms. The summed E-state index contributed by atoms with van der Waals surface area (Å²) in [6.45, 7) is 0. The van der Waals surface area contributed by atoms with E-state index >= 15 is 0 Å². The molecular weight excluding hydrogens is 223 g/mol. The van der Waals surface area contributed by atoms with Crippen molar-refractivity contribution in [3.63, 3.8) is 0 Å². The number of carbonyl (C=O) groups is 2. The number of rotatable bonds is 3. The highest BCUT2D eigenvalue weighted by molar-refractivity contribution is 7.45. The minimum atomic E-state index is -4.64. The zero-order valence-corrected chi connectivity index (χ0v) is 7.53. The van der Waals surface area contributed by atoms with Gasteiger partial charge in [0.15, 0.2) is 6.10 Å². The third-order valence-corrected chi connectivity index (χ3v) is 0.653. The molecule has 1 atom stereocenters. The SMILES string of the molecule is O=C(O)CC(O)C(=O)O.O=P(O)(O)O. The second-order valence-electron chi connectivity index (χ2n) is 1.97. The van der Waals surface area contributed by atoms with Crippen LogP contribution in [0.5, 0.6) is 0 Å². The van der Waals surface area contributed by atoms with E-state index in [1.165, 1.54) is 0 Å². The smallest absolute Gasteiger partial charge is 0.466 e. The molecule has 0 amide bonds. The zero-order chi connectivity index (χ0) is 11.9. The van der Waals surface area contributed by atoms with E-state index in [4.69, 9.17) is 34.6 Å². The van der Waals surface area contributed by atoms with Crippen LogP contribution in [0, 0.1) is 0 Å². The van der Waals surface area contributed by atoms with Gasteiger partial charge in [-0.05, 0) is 0 Å². The Morgan fingerprint density at radius 3 is 1.50 bits per heavy atom. The van der Waals surface area contributed by atoms with Crippen molar-refractivity contribution >= 4 is 19.8 Å². The first-order chi connectivity index (χ1) is 6.04. The Morgan fingerprint density at radius 1 is 1.14 bits per heavy atom. The first-order valence-corrected chi connectivity index (χ1v) is 4.51. The Hall–Kier alpha value is -0.990. The van der Waals surface area contributed by atoms with E-state index in [9.17, 15) is 9.59 Å². The maximum atomic E-state index is 9.72. The Kier molecular flexibility index (Phi) is 7.15. The van der Waals surface area contributed by atoms with Crippen LogP contribution in [0.15, 0.2) is 0 Å². The monoisotopic (exact) mass is 232 g/mol. The van der Waals surface area contributed by atoms with Gasteiger partial charge in [0.25, 0.3) is 0 Å². The van der Waals surface area contributed by atoms with E-state index in [0.717, 1.165) is 0 Å². The molecule has 0 bridgehead atoms. The zero-order valence-electron chi connectivity index (χ0n) is 6.64. The average molecular weight is 232 g/mol. The van der Waals surface area contributed by atoms with Crippen molar-refractivity contribution in [2.24, 2.45) is 0 Å². The molecule has 0 spiro atoms. The van der Waals surface area contributed by atoms with Gasteiger partial charge in [0.2, 0.25) is 0 Å². The fourth-order valence-corrected chi connectivity index (χ4v) is 0.253. The molecule has 0 heterocycles. The molecule has 0 saturated heterocycles. The molecular formula is C4H9O9P. The molecule has 0 saturated carbocycles. The van der Waals surface area contributed by atoms with Crippen LogP contribution in [-0.2, 0) is 14.2 Å². The van der Waals surface area contributed by atoms with Crippen molar-refractivity contribution in [2.45, 2.75) is 12.5 Å². The van der Waals surface area contributed by atoms with Gasteiger partial charge in [0.1, 0.15) is 0 Å². The number of aliphatic carboxylic acids is 2. The quantitative estimate of drug-likeness (QED) is 0.300. The number of aliphatic hydroxyl groups excluding tert-OH is 1. The van der Waals surface area contributed by atoms with Gasteiger partial charge in [-0.15, -0.1) is 0 Å². The van der Waals surface area contributed by atoms with Gasteiger partial charge in [0, 0.05) is 0 Å². The maximum absolute atomic E-state index is 9.72. The lowest BCUT2D eigenvalue weighted by Gasteiger charge is -1.97. The summed E-state index contributed by atoms with van der Waals surface area (Å²) in [4.78, 5) is 41.0. The largest absolute Gasteiger partial charge is 0.481 e. The van der Waals surface area contributed by atoms with Crippen molar-refractivity contribution in [1.29, 1.82) is 0 Å². The Balaban J connectivity index is 0. The van der Waals surface area contributed by atoms with Gasteiger partial charge in [-0.2, -0.15) is 0 Å². The van der Waals surface area contributed by atoms with Crippen molar-refractivity contribution in [2.75, 3.05) is 0 Å². The number of hydrogen-bond donors (Lipinski definition) is 6. The predicted octanol–water partition coefficient (Wildman–Crippen LogP) is -2.02. The Bertz CT molecular complexity index is 233. The minimum Gasteiger partial charge on any atom is -0.481 e. The predicted molar refractivity (Wildman–Crippen MR) is 40.2 cm³/mol. The van der Waals surface area contributed by atoms with Crippen LogP contribution in [-0.4, -0.2) is 48.0 Å². The van der Waals surface area contributed by atoms with E-state index in [0.29, 0.717) is 0 Å². The Labute approximate surface area is 77.5 Å². The molecule has 0 aromatic rings. The van der Waals surface area contributed by atoms with Gasteiger partial charge in [-0.25, -0.2) is 9.36 Å². The van der Waals surface area contributed by atoms with E-state index < -0.39 is 32.3 Å². The molecule has 0 aliphatic rings. The highest BCUT2D eigenvalue weighted by Gasteiger charge is 2.16. The van der Waals surface area contributed by atoms with Crippen molar-refractivity contribution in [3.05, 3.63) is 0 Å². The summed E-state index contributed by atoms with van der Waals surface area (Å²) in [5.41, 5.74) is 0. The van der Waals surface area contributed by atoms with Crippen LogP contribution < -0.4 is 0 Å². The third-order valence-electron chi connectivity index (χ3n) is 0.653. The van der Waals surface area contributed by atoms with Crippen molar-refractivity contribution < 1.29 is 44.2 Å². The summed E-state index contributed by atoms with van der Waals surface area (Å²) < 4.78 is 8.88. The summed E-state index contributed by atoms with van der Waals surface area (Å²) in [5.74, 6) is -2.85. The van der Waals surface area contributed by atoms with Crippen molar-refractivity contribution in [3.8, 4) is 0 Å². The second-order valence-corrected chi connectivity index (χ2v) is 2.99. The number of aliphatic hydroxyl groups is 1. The summed E-state index contributed by atoms with van der Waals surface area (Å²) in [7, 11) is -4.64. The van der Waals surface area contributed by atoms with Crippen LogP contribution in [0.3, 0.4) is 0 Å². The maximum Gasteiger partial charge on any atom is 0.466 e. The fraction of sp³-hybridized carbons (Fsp3) is 0.500. The molecule has 0 aliphatic heterocycles.